The first-order chi connectivity index (χ1) is 15.6. The van der Waals surface area contributed by atoms with Gasteiger partial charge < -0.3 is 14.0 Å². The van der Waals surface area contributed by atoms with Crippen molar-refractivity contribution in [3.05, 3.63) is 51.8 Å². The lowest BCUT2D eigenvalue weighted by molar-refractivity contribution is 0.00620. The molecule has 10 heteroatoms. The summed E-state index contributed by atoms with van der Waals surface area (Å²) in [4.78, 5) is 18.5. The van der Waals surface area contributed by atoms with E-state index in [9.17, 15) is 4.79 Å². The van der Waals surface area contributed by atoms with Crippen LogP contribution in [0.1, 0.15) is 37.8 Å². The molecule has 1 aliphatic carbocycles. The van der Waals surface area contributed by atoms with E-state index in [1.165, 1.54) is 0 Å². The standard InChI is InChI=1S/C22H23ClN6O3/c1-31-22(8-9-22)17-11-25-26-29(17)20-19-21(30)27(12-14-5-2-3-10-32-14)18-15(23)6-4-7-16(18)28(19)13-24-20/h4,6-7,11,13-14H,2-3,5,8-10,12H2,1H3. The largest absolute Gasteiger partial charge is 0.376 e. The summed E-state index contributed by atoms with van der Waals surface area (Å²) in [5.41, 5.74) is 2.10. The van der Waals surface area contributed by atoms with Crippen LogP contribution in [-0.4, -0.2) is 48.8 Å². The Kier molecular flexibility index (Phi) is 4.60. The Hall–Kier alpha value is -2.75. The second-order valence-corrected chi connectivity index (χ2v) is 8.94. The summed E-state index contributed by atoms with van der Waals surface area (Å²) in [6.45, 7) is 1.15. The van der Waals surface area contributed by atoms with E-state index in [0.29, 0.717) is 35.0 Å². The van der Waals surface area contributed by atoms with Gasteiger partial charge in [-0.1, -0.05) is 22.9 Å². The minimum Gasteiger partial charge on any atom is -0.376 e. The van der Waals surface area contributed by atoms with Crippen LogP contribution in [0.2, 0.25) is 5.02 Å². The van der Waals surface area contributed by atoms with Gasteiger partial charge in [-0.15, -0.1) is 5.10 Å². The molecule has 0 amide bonds. The van der Waals surface area contributed by atoms with Crippen molar-refractivity contribution in [3.63, 3.8) is 0 Å². The van der Waals surface area contributed by atoms with E-state index in [2.05, 4.69) is 15.3 Å². The molecule has 4 heterocycles. The first kappa shape index (κ1) is 19.9. The maximum absolute atomic E-state index is 13.9. The molecular formula is C22H23ClN6O3. The van der Waals surface area contributed by atoms with Gasteiger partial charge in [0.15, 0.2) is 11.3 Å². The third-order valence-corrected chi connectivity index (χ3v) is 6.97. The van der Waals surface area contributed by atoms with E-state index in [-0.39, 0.29) is 11.7 Å². The summed E-state index contributed by atoms with van der Waals surface area (Å²) in [5, 5.41) is 8.87. The number of hydrogen-bond donors (Lipinski definition) is 0. The lowest BCUT2D eigenvalue weighted by Gasteiger charge is -2.24. The Balaban J connectivity index is 1.60. The SMILES string of the molecule is COC1(c2cnnn2-c2ncn3c2c(=O)n(CC2CCCCO2)c2c(Cl)cccc23)CC1. The minimum absolute atomic E-state index is 0.0279. The quantitative estimate of drug-likeness (QED) is 0.460. The van der Waals surface area contributed by atoms with Gasteiger partial charge in [0.1, 0.15) is 11.9 Å². The van der Waals surface area contributed by atoms with Gasteiger partial charge in [-0.2, -0.15) is 4.68 Å². The van der Waals surface area contributed by atoms with Gasteiger partial charge >= 0.3 is 0 Å². The van der Waals surface area contributed by atoms with Crippen molar-refractivity contribution in [2.24, 2.45) is 0 Å². The normalized spacial score (nSPS) is 20.2. The Morgan fingerprint density at radius 3 is 2.91 bits per heavy atom. The highest BCUT2D eigenvalue weighted by Gasteiger charge is 2.48. The summed E-state index contributed by atoms with van der Waals surface area (Å²) < 4.78 is 16.8. The van der Waals surface area contributed by atoms with Crippen LogP contribution in [0.5, 0.6) is 0 Å². The Morgan fingerprint density at radius 2 is 2.16 bits per heavy atom. The molecule has 166 valence electrons. The molecule has 4 aromatic rings. The van der Waals surface area contributed by atoms with Crippen LogP contribution in [0, 0.1) is 0 Å². The molecule has 1 aliphatic heterocycles. The van der Waals surface area contributed by atoms with Crippen molar-refractivity contribution in [1.29, 1.82) is 0 Å². The van der Waals surface area contributed by atoms with Crippen LogP contribution in [0.3, 0.4) is 0 Å². The number of benzene rings is 1. The zero-order valence-electron chi connectivity index (χ0n) is 17.7. The molecule has 1 aromatic carbocycles. The van der Waals surface area contributed by atoms with Crippen LogP contribution in [0.4, 0.5) is 0 Å². The number of methoxy groups -OCH3 is 1. The summed E-state index contributed by atoms with van der Waals surface area (Å²) in [5.74, 6) is 0.436. The summed E-state index contributed by atoms with van der Waals surface area (Å²) in [6, 6.07) is 5.62. The number of rotatable bonds is 5. The molecule has 2 fully saturated rings. The molecule has 1 atom stereocenters. The first-order valence-electron chi connectivity index (χ1n) is 10.9. The summed E-state index contributed by atoms with van der Waals surface area (Å²) in [7, 11) is 1.68. The van der Waals surface area contributed by atoms with E-state index in [1.54, 1.807) is 39.3 Å². The molecule has 1 unspecified atom stereocenters. The third kappa shape index (κ3) is 2.92. The van der Waals surface area contributed by atoms with E-state index >= 15 is 0 Å². The molecule has 6 rings (SSSR count). The van der Waals surface area contributed by atoms with E-state index in [0.717, 1.165) is 43.3 Å². The van der Waals surface area contributed by atoms with Crippen molar-refractivity contribution < 1.29 is 9.47 Å². The van der Waals surface area contributed by atoms with E-state index in [1.807, 2.05) is 12.1 Å². The Labute approximate surface area is 188 Å². The monoisotopic (exact) mass is 454 g/mol. The third-order valence-electron chi connectivity index (χ3n) is 6.66. The van der Waals surface area contributed by atoms with Crippen LogP contribution in [0.15, 0.2) is 35.5 Å². The first-order valence-corrected chi connectivity index (χ1v) is 11.3. The summed E-state index contributed by atoms with van der Waals surface area (Å²) >= 11 is 6.59. The number of ether oxygens (including phenoxy) is 2. The van der Waals surface area contributed by atoms with Gasteiger partial charge in [0, 0.05) is 13.7 Å². The van der Waals surface area contributed by atoms with Crippen LogP contribution >= 0.6 is 11.6 Å². The Morgan fingerprint density at radius 1 is 1.28 bits per heavy atom. The molecule has 0 spiro atoms. The molecule has 0 bridgehead atoms. The van der Waals surface area contributed by atoms with Gasteiger partial charge in [0.05, 0.1) is 40.6 Å². The fourth-order valence-electron chi connectivity index (χ4n) is 4.78. The lowest BCUT2D eigenvalue weighted by atomic mass is 10.1. The van der Waals surface area contributed by atoms with Crippen molar-refractivity contribution >= 4 is 28.2 Å². The second-order valence-electron chi connectivity index (χ2n) is 8.53. The smallest absolute Gasteiger partial charge is 0.279 e. The number of aromatic nitrogens is 6. The second kappa shape index (κ2) is 7.40. The molecule has 32 heavy (non-hydrogen) atoms. The number of fused-ring (bicyclic) bond motifs is 3. The average molecular weight is 455 g/mol. The molecule has 0 radical (unpaired) electrons. The minimum atomic E-state index is -0.422. The van der Waals surface area contributed by atoms with E-state index in [4.69, 9.17) is 21.1 Å². The highest BCUT2D eigenvalue weighted by Crippen LogP contribution is 2.48. The van der Waals surface area contributed by atoms with Crippen molar-refractivity contribution in [2.75, 3.05) is 13.7 Å². The van der Waals surface area contributed by atoms with Gasteiger partial charge in [-0.25, -0.2) is 4.98 Å². The predicted molar refractivity (Wildman–Crippen MR) is 118 cm³/mol. The fourth-order valence-corrected chi connectivity index (χ4v) is 5.05. The molecule has 1 saturated carbocycles. The topological polar surface area (TPSA) is 88.5 Å². The Bertz CT molecular complexity index is 1380. The highest BCUT2D eigenvalue weighted by molar-refractivity contribution is 6.35. The average Bonchev–Trinajstić information content (AvgIpc) is 3.23. The van der Waals surface area contributed by atoms with Gasteiger partial charge in [-0.05, 0) is 44.2 Å². The lowest BCUT2D eigenvalue weighted by Crippen LogP contribution is -2.32. The zero-order valence-corrected chi connectivity index (χ0v) is 18.5. The molecule has 2 aliphatic rings. The van der Waals surface area contributed by atoms with Crippen LogP contribution in [0.25, 0.3) is 22.4 Å². The number of nitrogens with zero attached hydrogens (tertiary/aromatic N) is 6. The van der Waals surface area contributed by atoms with E-state index < -0.39 is 5.60 Å². The van der Waals surface area contributed by atoms with Gasteiger partial charge in [0.2, 0.25) is 0 Å². The number of hydrogen-bond acceptors (Lipinski definition) is 6. The number of imidazole rings is 1. The predicted octanol–water partition coefficient (Wildman–Crippen LogP) is 3.09. The molecule has 9 nitrogen and oxygen atoms in total. The molecule has 1 saturated heterocycles. The molecular weight excluding hydrogens is 432 g/mol. The van der Waals surface area contributed by atoms with Crippen molar-refractivity contribution in [2.45, 2.75) is 50.4 Å². The summed E-state index contributed by atoms with van der Waals surface area (Å²) in [6.07, 6.45) is 8.12. The van der Waals surface area contributed by atoms with Crippen LogP contribution < -0.4 is 5.56 Å². The number of halogens is 1. The van der Waals surface area contributed by atoms with Crippen molar-refractivity contribution in [3.8, 4) is 5.82 Å². The van der Waals surface area contributed by atoms with Crippen LogP contribution in [-0.2, 0) is 21.6 Å². The highest BCUT2D eigenvalue weighted by atomic mass is 35.5. The maximum Gasteiger partial charge on any atom is 0.279 e. The zero-order chi connectivity index (χ0) is 21.9. The fraction of sp³-hybridized carbons (Fsp3) is 0.455. The molecule has 0 N–H and O–H groups in total. The van der Waals surface area contributed by atoms with Gasteiger partial charge in [-0.3, -0.25) is 9.20 Å². The van der Waals surface area contributed by atoms with Crippen molar-refractivity contribution in [1.82, 2.24) is 28.9 Å². The van der Waals surface area contributed by atoms with Gasteiger partial charge in [0.25, 0.3) is 5.56 Å². The number of para-hydroxylation sites is 1. The maximum atomic E-state index is 13.9. The molecule has 3 aromatic heterocycles.